The van der Waals surface area contributed by atoms with Crippen molar-refractivity contribution in [1.82, 2.24) is 24.6 Å². The van der Waals surface area contributed by atoms with E-state index in [1.165, 1.54) is 0 Å². The van der Waals surface area contributed by atoms with Crippen LogP contribution in [0.1, 0.15) is 43.7 Å². The standard InChI is InChI=1S/C15H24ClN5/c1-6-13-15(16)14(20(5)19-13)9-21-11(4)18-8-12(21)7-17-10(2)3/h8,10,17H,6-7,9H2,1-5H3. The summed E-state index contributed by atoms with van der Waals surface area (Å²) in [5.41, 5.74) is 3.14. The van der Waals surface area contributed by atoms with Gasteiger partial charge in [0.1, 0.15) is 5.82 Å². The van der Waals surface area contributed by atoms with Gasteiger partial charge in [0.05, 0.1) is 28.6 Å². The molecule has 5 nitrogen and oxygen atoms in total. The summed E-state index contributed by atoms with van der Waals surface area (Å²) in [5.74, 6) is 0.992. The van der Waals surface area contributed by atoms with Crippen LogP contribution in [-0.2, 0) is 26.6 Å². The number of aryl methyl sites for hydroxylation is 3. The fourth-order valence-electron chi connectivity index (χ4n) is 2.32. The van der Waals surface area contributed by atoms with E-state index in [0.717, 1.165) is 40.9 Å². The van der Waals surface area contributed by atoms with Crippen LogP contribution in [0.5, 0.6) is 0 Å². The van der Waals surface area contributed by atoms with E-state index < -0.39 is 0 Å². The Hall–Kier alpha value is -1.33. The van der Waals surface area contributed by atoms with Crippen LogP contribution in [0.2, 0.25) is 5.02 Å². The molecule has 0 saturated carbocycles. The van der Waals surface area contributed by atoms with Gasteiger partial charge in [-0.15, -0.1) is 0 Å². The molecule has 0 atom stereocenters. The molecule has 0 aromatic carbocycles. The zero-order chi connectivity index (χ0) is 15.6. The Morgan fingerprint density at radius 3 is 2.67 bits per heavy atom. The molecule has 0 aliphatic heterocycles. The summed E-state index contributed by atoms with van der Waals surface area (Å²) >= 11 is 6.45. The van der Waals surface area contributed by atoms with Gasteiger partial charge in [-0.05, 0) is 13.3 Å². The highest BCUT2D eigenvalue weighted by molar-refractivity contribution is 6.31. The van der Waals surface area contributed by atoms with Crippen LogP contribution >= 0.6 is 11.6 Å². The molecule has 0 aliphatic carbocycles. The third-order valence-corrected chi connectivity index (χ3v) is 4.08. The van der Waals surface area contributed by atoms with Gasteiger partial charge >= 0.3 is 0 Å². The third-order valence-electron chi connectivity index (χ3n) is 3.64. The van der Waals surface area contributed by atoms with Crippen LogP contribution in [0.4, 0.5) is 0 Å². The van der Waals surface area contributed by atoms with E-state index in [1.54, 1.807) is 0 Å². The Morgan fingerprint density at radius 1 is 1.38 bits per heavy atom. The van der Waals surface area contributed by atoms with Crippen molar-refractivity contribution in [3.05, 3.63) is 34.1 Å². The minimum atomic E-state index is 0.445. The molecule has 0 aliphatic rings. The van der Waals surface area contributed by atoms with E-state index in [2.05, 4.69) is 40.7 Å². The predicted molar refractivity (Wildman–Crippen MR) is 85.6 cm³/mol. The summed E-state index contributed by atoms with van der Waals surface area (Å²) < 4.78 is 4.07. The van der Waals surface area contributed by atoms with Crippen LogP contribution in [0.15, 0.2) is 6.20 Å². The molecule has 0 fully saturated rings. The summed E-state index contributed by atoms with van der Waals surface area (Å²) in [7, 11) is 1.94. The fraction of sp³-hybridized carbons (Fsp3) is 0.600. The molecule has 0 bridgehead atoms. The third kappa shape index (κ3) is 3.47. The van der Waals surface area contributed by atoms with Gasteiger partial charge in [0, 0.05) is 25.8 Å². The molecule has 116 valence electrons. The highest BCUT2D eigenvalue weighted by Gasteiger charge is 2.16. The Bertz CT molecular complexity index is 612. The van der Waals surface area contributed by atoms with Crippen molar-refractivity contribution in [1.29, 1.82) is 0 Å². The smallest absolute Gasteiger partial charge is 0.106 e. The second-order valence-electron chi connectivity index (χ2n) is 5.60. The van der Waals surface area contributed by atoms with Gasteiger partial charge < -0.3 is 9.88 Å². The quantitative estimate of drug-likeness (QED) is 0.892. The maximum atomic E-state index is 6.45. The van der Waals surface area contributed by atoms with Crippen LogP contribution in [-0.4, -0.2) is 25.4 Å². The number of halogens is 1. The van der Waals surface area contributed by atoms with Crippen molar-refractivity contribution < 1.29 is 0 Å². The lowest BCUT2D eigenvalue weighted by molar-refractivity contribution is 0.555. The first-order valence-corrected chi connectivity index (χ1v) is 7.76. The SMILES string of the molecule is CCc1nn(C)c(Cn2c(CNC(C)C)cnc2C)c1Cl. The first-order valence-electron chi connectivity index (χ1n) is 7.38. The maximum Gasteiger partial charge on any atom is 0.106 e. The van der Waals surface area contributed by atoms with Crippen molar-refractivity contribution in [2.75, 3.05) is 0 Å². The molecule has 2 rings (SSSR count). The van der Waals surface area contributed by atoms with Crippen molar-refractivity contribution in [2.45, 2.75) is 53.2 Å². The monoisotopic (exact) mass is 309 g/mol. The van der Waals surface area contributed by atoms with Crippen LogP contribution in [0.3, 0.4) is 0 Å². The number of aromatic nitrogens is 4. The van der Waals surface area contributed by atoms with E-state index in [0.29, 0.717) is 12.6 Å². The fourth-order valence-corrected chi connectivity index (χ4v) is 2.68. The Labute approximate surface area is 131 Å². The first-order chi connectivity index (χ1) is 9.93. The molecular formula is C15H24ClN5. The Kier molecular flexibility index (Phi) is 5.06. The highest BCUT2D eigenvalue weighted by Crippen LogP contribution is 2.22. The number of nitrogens with one attached hydrogen (secondary N) is 1. The second-order valence-corrected chi connectivity index (χ2v) is 5.98. The summed E-state index contributed by atoms with van der Waals surface area (Å²) in [6, 6.07) is 0.445. The van der Waals surface area contributed by atoms with Crippen LogP contribution in [0, 0.1) is 6.92 Å². The summed E-state index contributed by atoms with van der Waals surface area (Å²) in [5, 5.41) is 8.68. The van der Waals surface area contributed by atoms with E-state index in [-0.39, 0.29) is 0 Å². The topological polar surface area (TPSA) is 47.7 Å². The Balaban J connectivity index is 2.27. The van der Waals surface area contributed by atoms with Gasteiger partial charge in [0.25, 0.3) is 0 Å². The molecule has 0 spiro atoms. The molecule has 2 aromatic rings. The molecular weight excluding hydrogens is 286 g/mol. The summed E-state index contributed by atoms with van der Waals surface area (Å²) in [6.45, 7) is 9.86. The molecule has 0 radical (unpaired) electrons. The van der Waals surface area contributed by atoms with Crippen molar-refractivity contribution >= 4 is 11.6 Å². The van der Waals surface area contributed by atoms with Crippen molar-refractivity contribution in [3.8, 4) is 0 Å². The molecule has 0 unspecified atom stereocenters. The van der Waals surface area contributed by atoms with E-state index in [1.807, 2.05) is 24.9 Å². The van der Waals surface area contributed by atoms with Crippen molar-refractivity contribution in [3.63, 3.8) is 0 Å². The van der Waals surface area contributed by atoms with Gasteiger partial charge in [-0.25, -0.2) is 4.98 Å². The molecule has 2 aromatic heterocycles. The first kappa shape index (κ1) is 16.0. The minimum absolute atomic E-state index is 0.445. The molecule has 1 N–H and O–H groups in total. The second kappa shape index (κ2) is 6.62. The molecule has 0 amide bonds. The molecule has 21 heavy (non-hydrogen) atoms. The molecule has 6 heteroatoms. The average molecular weight is 310 g/mol. The van der Waals surface area contributed by atoms with Crippen LogP contribution < -0.4 is 5.32 Å². The van der Waals surface area contributed by atoms with Gasteiger partial charge in [-0.2, -0.15) is 5.10 Å². The van der Waals surface area contributed by atoms with Gasteiger partial charge in [-0.3, -0.25) is 4.68 Å². The summed E-state index contributed by atoms with van der Waals surface area (Å²) in [6.07, 6.45) is 2.77. The Morgan fingerprint density at radius 2 is 2.10 bits per heavy atom. The normalized spacial score (nSPS) is 11.6. The maximum absolute atomic E-state index is 6.45. The van der Waals surface area contributed by atoms with E-state index in [9.17, 15) is 0 Å². The van der Waals surface area contributed by atoms with Crippen LogP contribution in [0.25, 0.3) is 0 Å². The van der Waals surface area contributed by atoms with Gasteiger partial charge in [-0.1, -0.05) is 32.4 Å². The van der Waals surface area contributed by atoms with Crippen molar-refractivity contribution in [2.24, 2.45) is 7.05 Å². The largest absolute Gasteiger partial charge is 0.325 e. The van der Waals surface area contributed by atoms with E-state index >= 15 is 0 Å². The van der Waals surface area contributed by atoms with Gasteiger partial charge in [0.15, 0.2) is 0 Å². The lowest BCUT2D eigenvalue weighted by Crippen LogP contribution is -2.24. The average Bonchev–Trinajstić information content (AvgIpc) is 2.91. The number of imidazole rings is 1. The zero-order valence-electron chi connectivity index (χ0n) is 13.4. The van der Waals surface area contributed by atoms with Gasteiger partial charge in [0.2, 0.25) is 0 Å². The minimum Gasteiger partial charge on any atom is -0.325 e. The number of hydrogen-bond donors (Lipinski definition) is 1. The lowest BCUT2D eigenvalue weighted by Gasteiger charge is -2.13. The number of rotatable bonds is 6. The summed E-state index contributed by atoms with van der Waals surface area (Å²) in [4.78, 5) is 4.43. The predicted octanol–water partition coefficient (Wildman–Crippen LogP) is 2.69. The molecule has 0 saturated heterocycles. The number of nitrogens with zero attached hydrogens (tertiary/aromatic N) is 4. The van der Waals surface area contributed by atoms with E-state index in [4.69, 9.17) is 11.6 Å². The highest BCUT2D eigenvalue weighted by atomic mass is 35.5. The number of hydrogen-bond acceptors (Lipinski definition) is 3. The molecule has 2 heterocycles. The lowest BCUT2D eigenvalue weighted by atomic mass is 10.3. The zero-order valence-corrected chi connectivity index (χ0v) is 14.2.